The number of fused-ring (bicyclic) bond motifs is 1. The Labute approximate surface area is 124 Å². The molecule has 1 aliphatic rings. The van der Waals surface area contributed by atoms with Crippen LogP contribution in [-0.4, -0.2) is 17.6 Å². The van der Waals surface area contributed by atoms with E-state index in [1.54, 1.807) is 11.0 Å². The Bertz CT molecular complexity index is 667. The number of rotatable bonds is 3. The number of thiophene rings is 1. The lowest BCUT2D eigenvalue weighted by atomic mass is 10.2. The molecule has 3 rings (SSSR count). The molecule has 1 aromatic carbocycles. The normalized spacial score (nSPS) is 14.2. The van der Waals surface area contributed by atoms with Gasteiger partial charge in [0.1, 0.15) is 0 Å². The van der Waals surface area contributed by atoms with Gasteiger partial charge in [0.25, 0.3) is 5.91 Å². The Morgan fingerprint density at radius 1 is 1.30 bits per heavy atom. The molecule has 1 aromatic heterocycles. The molecule has 2 aromatic rings. The summed E-state index contributed by atoms with van der Waals surface area (Å²) in [7, 11) is 0. The molecule has 4 nitrogen and oxygen atoms in total. The number of benzene rings is 1. The number of carbonyl (C=O) groups excluding carboxylic acids is 2. The van der Waals surface area contributed by atoms with E-state index in [4.69, 9.17) is 5.73 Å². The van der Waals surface area contributed by atoms with Crippen molar-refractivity contribution >= 4 is 40.6 Å². The highest BCUT2D eigenvalue weighted by Gasteiger charge is 2.28. The van der Waals surface area contributed by atoms with E-state index in [0.717, 1.165) is 15.5 Å². The minimum atomic E-state index is -0.447. The summed E-state index contributed by atoms with van der Waals surface area (Å²) in [5, 5.41) is 0. The second-order valence-electron chi connectivity index (χ2n) is 4.40. The molecule has 0 saturated carbocycles. The quantitative estimate of drug-likeness (QED) is 0.947. The lowest BCUT2D eigenvalue weighted by Gasteiger charge is -2.26. The van der Waals surface area contributed by atoms with Crippen LogP contribution in [0.25, 0.3) is 0 Å². The van der Waals surface area contributed by atoms with Crippen molar-refractivity contribution in [2.75, 3.05) is 10.7 Å². The number of hydrogen-bond donors (Lipinski definition) is 1. The summed E-state index contributed by atoms with van der Waals surface area (Å²) in [5.74, 6) is 0.00993. The van der Waals surface area contributed by atoms with Crippen molar-refractivity contribution in [1.29, 1.82) is 0 Å². The van der Waals surface area contributed by atoms with Gasteiger partial charge >= 0.3 is 0 Å². The predicted octanol–water partition coefficient (Wildman–Crippen LogP) is 2.49. The molecule has 20 heavy (non-hydrogen) atoms. The van der Waals surface area contributed by atoms with Crippen LogP contribution in [0.4, 0.5) is 5.69 Å². The summed E-state index contributed by atoms with van der Waals surface area (Å²) >= 11 is 2.82. The summed E-state index contributed by atoms with van der Waals surface area (Å²) in [6.45, 7) is 0.516. The molecule has 0 saturated heterocycles. The molecule has 0 bridgehead atoms. The van der Waals surface area contributed by atoms with Crippen molar-refractivity contribution in [2.24, 2.45) is 5.73 Å². The van der Waals surface area contributed by atoms with Gasteiger partial charge in [-0.3, -0.25) is 9.59 Å². The maximum Gasteiger partial charge on any atom is 0.258 e. The van der Waals surface area contributed by atoms with Gasteiger partial charge in [0.15, 0.2) is 0 Å². The van der Waals surface area contributed by atoms with Crippen LogP contribution in [0.15, 0.2) is 40.6 Å². The van der Waals surface area contributed by atoms with Crippen LogP contribution in [0.5, 0.6) is 0 Å². The fourth-order valence-electron chi connectivity index (χ4n) is 2.06. The summed E-state index contributed by atoms with van der Waals surface area (Å²) in [5.41, 5.74) is 7.18. The number of hydrogen-bond acceptors (Lipinski definition) is 4. The summed E-state index contributed by atoms with van der Waals surface area (Å²) in [6, 6.07) is 11.5. The fraction of sp³-hybridized carbons (Fsp3) is 0.143. The minimum absolute atomic E-state index is 0.0557. The maximum absolute atomic E-state index is 12.1. The third-order valence-electron chi connectivity index (χ3n) is 3.02. The van der Waals surface area contributed by atoms with Crippen LogP contribution in [0, 0.1) is 0 Å². The molecular weight excluding hydrogens is 292 g/mol. The third-order valence-corrected chi connectivity index (χ3v) is 5.42. The number of nitrogens with zero attached hydrogens (tertiary/aromatic N) is 1. The molecular formula is C14H12N2O2S2. The SMILES string of the molecule is NC(=O)c1cc2c(s1)SCC(=O)N2Cc1ccccc1. The maximum atomic E-state index is 12.1. The molecule has 0 aliphatic carbocycles. The molecule has 0 fully saturated rings. The largest absolute Gasteiger partial charge is 0.365 e. The molecule has 102 valence electrons. The fourth-order valence-corrected chi connectivity index (χ4v) is 4.21. The molecule has 2 N–H and O–H groups in total. The zero-order chi connectivity index (χ0) is 14.1. The molecule has 6 heteroatoms. The van der Waals surface area contributed by atoms with Gasteiger partial charge in [0, 0.05) is 0 Å². The topological polar surface area (TPSA) is 63.4 Å². The Morgan fingerprint density at radius 2 is 2.05 bits per heavy atom. The molecule has 2 amide bonds. The van der Waals surface area contributed by atoms with E-state index in [0.29, 0.717) is 17.2 Å². The van der Waals surface area contributed by atoms with E-state index < -0.39 is 5.91 Å². The lowest BCUT2D eigenvalue weighted by Crippen LogP contribution is -2.34. The Hall–Kier alpha value is -1.79. The Balaban J connectivity index is 1.95. The average molecular weight is 304 g/mol. The second-order valence-corrected chi connectivity index (χ2v) is 6.70. The van der Waals surface area contributed by atoms with Crippen molar-refractivity contribution < 1.29 is 9.59 Å². The Kier molecular flexibility index (Phi) is 3.50. The van der Waals surface area contributed by atoms with Gasteiger partial charge in [-0.2, -0.15) is 0 Å². The monoisotopic (exact) mass is 304 g/mol. The van der Waals surface area contributed by atoms with Gasteiger partial charge in [-0.25, -0.2) is 0 Å². The van der Waals surface area contributed by atoms with Gasteiger partial charge in [0.05, 0.1) is 27.1 Å². The molecule has 1 aliphatic heterocycles. The third kappa shape index (κ3) is 2.44. The van der Waals surface area contributed by atoms with Crippen molar-refractivity contribution in [3.8, 4) is 0 Å². The molecule has 0 unspecified atom stereocenters. The first-order valence-corrected chi connectivity index (χ1v) is 7.86. The van der Waals surface area contributed by atoms with Gasteiger partial charge in [-0.15, -0.1) is 23.1 Å². The van der Waals surface area contributed by atoms with Gasteiger partial charge in [0.2, 0.25) is 5.91 Å². The van der Waals surface area contributed by atoms with E-state index in [1.165, 1.54) is 23.1 Å². The number of nitrogens with two attached hydrogens (primary N) is 1. The van der Waals surface area contributed by atoms with Crippen LogP contribution in [0.2, 0.25) is 0 Å². The highest BCUT2D eigenvalue weighted by atomic mass is 32.2. The lowest BCUT2D eigenvalue weighted by molar-refractivity contribution is -0.116. The summed E-state index contributed by atoms with van der Waals surface area (Å²) in [4.78, 5) is 25.6. The highest BCUT2D eigenvalue weighted by Crippen LogP contribution is 2.42. The molecule has 0 spiro atoms. The first-order valence-electron chi connectivity index (χ1n) is 6.06. The van der Waals surface area contributed by atoms with Crippen LogP contribution in [0.3, 0.4) is 0 Å². The zero-order valence-electron chi connectivity index (χ0n) is 10.5. The van der Waals surface area contributed by atoms with Crippen LogP contribution >= 0.6 is 23.1 Å². The van der Waals surface area contributed by atoms with Crippen molar-refractivity contribution in [3.63, 3.8) is 0 Å². The van der Waals surface area contributed by atoms with E-state index in [2.05, 4.69) is 0 Å². The molecule has 0 atom stereocenters. The highest BCUT2D eigenvalue weighted by molar-refractivity contribution is 8.02. The minimum Gasteiger partial charge on any atom is -0.365 e. The first-order chi connectivity index (χ1) is 9.65. The van der Waals surface area contributed by atoms with Crippen LogP contribution in [0.1, 0.15) is 15.2 Å². The van der Waals surface area contributed by atoms with Crippen molar-refractivity contribution in [1.82, 2.24) is 0 Å². The number of carbonyl (C=O) groups is 2. The van der Waals surface area contributed by atoms with E-state index in [9.17, 15) is 9.59 Å². The van der Waals surface area contributed by atoms with Crippen LogP contribution < -0.4 is 10.6 Å². The van der Waals surface area contributed by atoms with E-state index >= 15 is 0 Å². The van der Waals surface area contributed by atoms with Gasteiger partial charge in [-0.05, 0) is 11.6 Å². The number of anilines is 1. The number of thioether (sulfide) groups is 1. The second kappa shape index (κ2) is 5.30. The number of primary amides is 1. The van der Waals surface area contributed by atoms with Crippen molar-refractivity contribution in [2.45, 2.75) is 10.8 Å². The molecule has 0 radical (unpaired) electrons. The summed E-state index contributed by atoms with van der Waals surface area (Å²) in [6.07, 6.45) is 0. The van der Waals surface area contributed by atoms with Crippen molar-refractivity contribution in [3.05, 3.63) is 46.8 Å². The average Bonchev–Trinajstić information content (AvgIpc) is 2.88. The number of amides is 2. The standard InChI is InChI=1S/C14H12N2O2S2/c15-13(18)11-6-10-14(20-11)19-8-12(17)16(10)7-9-4-2-1-3-5-9/h1-6H,7-8H2,(H2,15,18). The zero-order valence-corrected chi connectivity index (χ0v) is 12.2. The van der Waals surface area contributed by atoms with Crippen LogP contribution in [-0.2, 0) is 11.3 Å². The van der Waals surface area contributed by atoms with E-state index in [-0.39, 0.29) is 5.91 Å². The van der Waals surface area contributed by atoms with Gasteiger partial charge < -0.3 is 10.6 Å². The van der Waals surface area contributed by atoms with E-state index in [1.807, 2.05) is 30.3 Å². The smallest absolute Gasteiger partial charge is 0.258 e. The molecule has 2 heterocycles. The Morgan fingerprint density at radius 3 is 2.75 bits per heavy atom. The predicted molar refractivity (Wildman–Crippen MR) is 81.2 cm³/mol. The first kappa shape index (κ1) is 13.2. The summed E-state index contributed by atoms with van der Waals surface area (Å²) < 4.78 is 0.981. The van der Waals surface area contributed by atoms with Gasteiger partial charge in [-0.1, -0.05) is 30.3 Å².